The van der Waals surface area contributed by atoms with Crippen LogP contribution in [0.5, 0.6) is 5.75 Å². The number of likely N-dealkylation sites (N-methyl/N-ethyl adjacent to an activating group) is 1. The maximum absolute atomic E-state index is 14.4. The third kappa shape index (κ3) is 18.8. The van der Waals surface area contributed by atoms with Crippen molar-refractivity contribution in [1.82, 2.24) is 25.4 Å². The molecule has 1 saturated heterocycles. The van der Waals surface area contributed by atoms with Gasteiger partial charge in [-0.15, -0.1) is 11.3 Å². The molecule has 0 saturated carbocycles. The highest BCUT2D eigenvalue weighted by Crippen LogP contribution is 2.33. The standard InChI is InChI=1S/C50H75BrN6O10S/c1-10-16-35(25-34-20-21-43(60)39(26-34)54-46(62)19-13-12-17-36(59)27-38(51)47(63)52-22-24-66-9)53-48(64)40-30-68-49(55-40)45(67-33(6)58)29-42(31(3)4)57(8)50(65)37(32(5)11-2)28-44(61)41-18-14-15-23-56(41)7/h20-21,26-27,30-32,35,37,41-42,45,60H,10-19,22-25,28-29H2,1-9H3,(H,52,63)(H,53,64)(H,54,62)/b38-27+/t32-,35+,37-,41+,42+,45+/m0/s1. The summed E-state index contributed by atoms with van der Waals surface area (Å²) in [4.78, 5) is 99.9. The zero-order valence-electron chi connectivity index (χ0n) is 41.5. The average Bonchev–Trinajstić information content (AvgIpc) is 3.79. The van der Waals surface area contributed by atoms with Crippen molar-refractivity contribution < 1.29 is 48.1 Å². The molecule has 18 heteroatoms. The van der Waals surface area contributed by atoms with Gasteiger partial charge in [-0.3, -0.25) is 38.5 Å². The zero-order valence-corrected chi connectivity index (χ0v) is 43.9. The number of nitrogens with zero attached hydrogens (tertiary/aromatic N) is 3. The number of carbonyl (C=O) groups is 7. The monoisotopic (exact) mass is 1030 g/mol. The summed E-state index contributed by atoms with van der Waals surface area (Å²) in [5.74, 6) is -2.65. The van der Waals surface area contributed by atoms with Gasteiger partial charge in [-0.1, -0.05) is 59.9 Å². The molecule has 16 nitrogen and oxygen atoms in total. The molecule has 0 spiro atoms. The first kappa shape index (κ1) is 57.8. The number of nitrogens with one attached hydrogen (secondary N) is 3. The summed E-state index contributed by atoms with van der Waals surface area (Å²) in [5.41, 5.74) is 1.14. The maximum atomic E-state index is 14.4. The van der Waals surface area contributed by atoms with Crippen molar-refractivity contribution >= 4 is 74.1 Å². The Hall–Kier alpha value is -4.52. The summed E-state index contributed by atoms with van der Waals surface area (Å²) in [6.07, 6.45) is 7.24. The molecule has 2 heterocycles. The van der Waals surface area contributed by atoms with E-state index < -0.39 is 29.8 Å². The molecule has 6 atom stereocenters. The van der Waals surface area contributed by atoms with Crippen molar-refractivity contribution in [2.24, 2.45) is 17.8 Å². The van der Waals surface area contributed by atoms with E-state index in [0.717, 1.165) is 44.2 Å². The van der Waals surface area contributed by atoms with E-state index in [2.05, 4.69) is 41.8 Å². The number of allylic oxidation sites excluding steroid dienone is 1. The molecule has 1 aromatic carbocycles. The van der Waals surface area contributed by atoms with Crippen molar-refractivity contribution in [3.05, 3.63) is 50.4 Å². The van der Waals surface area contributed by atoms with Gasteiger partial charge in [0.15, 0.2) is 17.7 Å². The van der Waals surface area contributed by atoms with E-state index in [1.807, 2.05) is 41.7 Å². The number of halogens is 1. The van der Waals surface area contributed by atoms with Crippen LogP contribution in [0.1, 0.15) is 146 Å². The van der Waals surface area contributed by atoms with E-state index in [1.165, 1.54) is 37.5 Å². The number of ether oxygens (including phenoxy) is 2. The number of ketones is 2. The summed E-state index contributed by atoms with van der Waals surface area (Å²) in [7, 11) is 5.25. The Bertz CT molecular complexity index is 2040. The van der Waals surface area contributed by atoms with Crippen LogP contribution in [0.4, 0.5) is 5.69 Å². The molecule has 1 aliphatic heterocycles. The Morgan fingerprint density at radius 2 is 1.79 bits per heavy atom. The van der Waals surface area contributed by atoms with Gasteiger partial charge in [0.1, 0.15) is 16.5 Å². The number of methoxy groups -OCH3 is 1. The quantitative estimate of drug-likeness (QED) is 0.0267. The second-order valence-electron chi connectivity index (χ2n) is 18.3. The number of anilines is 1. The Morgan fingerprint density at radius 3 is 2.44 bits per heavy atom. The molecule has 4 amide bonds. The lowest BCUT2D eigenvalue weighted by atomic mass is 9.83. The second kappa shape index (κ2) is 29.5. The minimum absolute atomic E-state index is 0.0210. The van der Waals surface area contributed by atoms with Gasteiger partial charge in [-0.2, -0.15) is 0 Å². The van der Waals surface area contributed by atoms with Gasteiger partial charge in [-0.05, 0) is 97.6 Å². The number of phenols is 1. The fourth-order valence-corrected chi connectivity index (χ4v) is 9.70. The fraction of sp³-hybridized carbons (Fsp3) is 0.640. The van der Waals surface area contributed by atoms with Crippen LogP contribution in [0.25, 0.3) is 0 Å². The van der Waals surface area contributed by atoms with Crippen molar-refractivity contribution in [1.29, 1.82) is 0 Å². The Labute approximate surface area is 415 Å². The molecule has 0 bridgehead atoms. The highest BCUT2D eigenvalue weighted by Gasteiger charge is 2.37. The molecule has 68 heavy (non-hydrogen) atoms. The van der Waals surface area contributed by atoms with E-state index in [0.29, 0.717) is 43.8 Å². The van der Waals surface area contributed by atoms with E-state index in [-0.39, 0.29) is 101 Å². The number of unbranched alkanes of at least 4 members (excludes halogenated alkanes) is 1. The Morgan fingerprint density at radius 1 is 1.07 bits per heavy atom. The largest absolute Gasteiger partial charge is 0.506 e. The maximum Gasteiger partial charge on any atom is 0.303 e. The van der Waals surface area contributed by atoms with Crippen molar-refractivity contribution in [3.63, 3.8) is 0 Å². The first-order valence-corrected chi connectivity index (χ1v) is 25.7. The van der Waals surface area contributed by atoms with Crippen LogP contribution < -0.4 is 16.0 Å². The minimum Gasteiger partial charge on any atom is -0.506 e. The number of piperidine rings is 1. The number of hydrogen-bond donors (Lipinski definition) is 4. The topological polar surface area (TPSA) is 214 Å². The van der Waals surface area contributed by atoms with E-state index >= 15 is 0 Å². The molecular weight excluding hydrogens is 957 g/mol. The SMILES string of the molecule is CCC[C@H](Cc1ccc(O)c(NC(=O)CCCCC(=O)/C=C(/Br)C(=O)NCCOC)c1)NC(=O)c1csc([C@@H](C[C@H](C(C)C)N(C)C(=O)[C@@H](CC(=O)[C@H]2CCCCN2C)[C@@H](C)CC)OC(C)=O)n1. The van der Waals surface area contributed by atoms with Gasteiger partial charge in [0.05, 0.1) is 22.8 Å². The number of aromatic hydroxyl groups is 1. The van der Waals surface area contributed by atoms with Crippen LogP contribution in [0.2, 0.25) is 0 Å². The lowest BCUT2D eigenvalue weighted by Gasteiger charge is -2.37. The van der Waals surface area contributed by atoms with E-state index in [1.54, 1.807) is 29.5 Å². The molecule has 4 N–H and O–H groups in total. The third-order valence-corrected chi connectivity index (χ3v) is 14.1. The molecule has 0 unspecified atom stereocenters. The average molecular weight is 1030 g/mol. The van der Waals surface area contributed by atoms with Crippen LogP contribution in [0.15, 0.2) is 34.1 Å². The highest BCUT2D eigenvalue weighted by atomic mass is 79.9. The first-order valence-electron chi connectivity index (χ1n) is 24.0. The third-order valence-electron chi connectivity index (χ3n) is 12.6. The summed E-state index contributed by atoms with van der Waals surface area (Å²) in [6, 6.07) is 4.00. The number of rotatable bonds is 29. The number of thiazole rings is 1. The smallest absolute Gasteiger partial charge is 0.303 e. The zero-order chi connectivity index (χ0) is 50.5. The molecule has 3 rings (SSSR count). The molecule has 1 aromatic heterocycles. The number of amides is 4. The summed E-state index contributed by atoms with van der Waals surface area (Å²) in [5, 5.41) is 21.1. The number of Topliss-reactive ketones (excluding diaryl/α,β-unsaturated/α-hetero) is 1. The minimum atomic E-state index is -0.837. The number of esters is 1. The van der Waals surface area contributed by atoms with Gasteiger partial charge in [0.25, 0.3) is 11.8 Å². The van der Waals surface area contributed by atoms with Crippen LogP contribution in [0.3, 0.4) is 0 Å². The Kier molecular flexibility index (Phi) is 25.1. The molecule has 1 aliphatic rings. The molecular formula is C50H75BrN6O10S. The van der Waals surface area contributed by atoms with E-state index in [9.17, 15) is 38.7 Å². The van der Waals surface area contributed by atoms with Crippen LogP contribution in [-0.4, -0.2) is 120 Å². The predicted molar refractivity (Wildman–Crippen MR) is 267 cm³/mol. The van der Waals surface area contributed by atoms with Gasteiger partial charge in [0.2, 0.25) is 11.8 Å². The Balaban J connectivity index is 1.66. The van der Waals surface area contributed by atoms with E-state index in [4.69, 9.17) is 9.47 Å². The van der Waals surface area contributed by atoms with Crippen LogP contribution in [0, 0.1) is 17.8 Å². The number of phenolic OH excluding ortho intramolecular Hbond substituents is 1. The number of benzene rings is 1. The van der Waals surface area contributed by atoms with Crippen molar-refractivity contribution in [2.45, 2.75) is 149 Å². The molecule has 1 fully saturated rings. The van der Waals surface area contributed by atoms with Crippen molar-refractivity contribution in [2.75, 3.05) is 46.2 Å². The molecule has 0 aliphatic carbocycles. The van der Waals surface area contributed by atoms with Crippen LogP contribution >= 0.6 is 27.3 Å². The summed E-state index contributed by atoms with van der Waals surface area (Å²) >= 11 is 4.32. The van der Waals surface area contributed by atoms with Crippen LogP contribution in [-0.2, 0) is 44.7 Å². The number of carbonyl (C=O) groups excluding carboxylic acids is 7. The normalized spacial score (nSPS) is 16.5. The first-order chi connectivity index (χ1) is 32.3. The van der Waals surface area contributed by atoms with Gasteiger partial charge in [0, 0.05) is 82.8 Å². The van der Waals surface area contributed by atoms with Crippen molar-refractivity contribution in [3.8, 4) is 5.75 Å². The molecule has 2 aromatic rings. The lowest BCUT2D eigenvalue weighted by molar-refractivity contribution is -0.149. The summed E-state index contributed by atoms with van der Waals surface area (Å²) < 4.78 is 10.8. The van der Waals surface area contributed by atoms with Gasteiger partial charge >= 0.3 is 5.97 Å². The number of aromatic nitrogens is 1. The van der Waals surface area contributed by atoms with Gasteiger partial charge in [-0.25, -0.2) is 4.98 Å². The number of likely N-dealkylation sites (tertiary alicyclic amines) is 1. The molecule has 0 radical (unpaired) electrons. The van der Waals surface area contributed by atoms with Gasteiger partial charge < -0.3 is 35.4 Å². The molecule has 378 valence electrons. The lowest BCUT2D eigenvalue weighted by Crippen LogP contribution is -2.48. The highest BCUT2D eigenvalue weighted by molar-refractivity contribution is 9.12. The second-order valence-corrected chi connectivity index (χ2v) is 20.0. The number of hydrogen-bond acceptors (Lipinski definition) is 13. The predicted octanol–water partition coefficient (Wildman–Crippen LogP) is 7.68. The summed E-state index contributed by atoms with van der Waals surface area (Å²) in [6.45, 7) is 12.9. The fourth-order valence-electron chi connectivity index (χ4n) is 8.47.